The molecule has 0 unspecified atom stereocenters. The van der Waals surface area contributed by atoms with Crippen LogP contribution < -0.4 is 5.32 Å². The molecule has 0 aliphatic carbocycles. The Morgan fingerprint density at radius 3 is 3.05 bits per heavy atom. The van der Waals surface area contributed by atoms with Crippen LogP contribution in [0.15, 0.2) is 24.5 Å². The van der Waals surface area contributed by atoms with Gasteiger partial charge in [0.1, 0.15) is 24.0 Å². The number of nitrogens with zero attached hydrogens (tertiary/aromatic N) is 4. The summed E-state index contributed by atoms with van der Waals surface area (Å²) in [5, 5.41) is 16.0. The maximum absolute atomic E-state index is 13.2. The number of benzene rings is 1. The number of rotatable bonds is 5. The maximum atomic E-state index is 13.2. The first-order valence-corrected chi connectivity index (χ1v) is 6.04. The lowest BCUT2D eigenvalue weighted by Gasteiger charge is -2.08. The Kier molecular flexibility index (Phi) is 4.08. The van der Waals surface area contributed by atoms with Gasteiger partial charge in [0, 0.05) is 12.2 Å². The predicted molar refractivity (Wildman–Crippen MR) is 68.8 cm³/mol. The number of nitrogens with one attached hydrogen (secondary N) is 1. The molecular formula is C13H14FN5. The van der Waals surface area contributed by atoms with E-state index in [4.69, 9.17) is 5.26 Å². The Labute approximate surface area is 110 Å². The van der Waals surface area contributed by atoms with Gasteiger partial charge >= 0.3 is 0 Å². The zero-order valence-electron chi connectivity index (χ0n) is 10.6. The summed E-state index contributed by atoms with van der Waals surface area (Å²) in [5.74, 6) is 0.298. The van der Waals surface area contributed by atoms with Crippen LogP contribution in [0.1, 0.15) is 24.7 Å². The van der Waals surface area contributed by atoms with E-state index in [0.717, 1.165) is 18.8 Å². The molecular weight excluding hydrogens is 245 g/mol. The number of aromatic nitrogens is 3. The molecule has 0 aliphatic rings. The molecule has 98 valence electrons. The van der Waals surface area contributed by atoms with Crippen molar-refractivity contribution in [2.24, 2.45) is 0 Å². The van der Waals surface area contributed by atoms with E-state index in [9.17, 15) is 4.39 Å². The number of nitriles is 1. The largest absolute Gasteiger partial charge is 0.378 e. The van der Waals surface area contributed by atoms with Crippen LogP contribution in [-0.2, 0) is 13.1 Å². The Bertz CT molecular complexity index is 599. The van der Waals surface area contributed by atoms with Gasteiger partial charge in [-0.3, -0.25) is 0 Å². The van der Waals surface area contributed by atoms with E-state index in [1.807, 2.05) is 10.8 Å². The maximum Gasteiger partial charge on any atom is 0.146 e. The summed E-state index contributed by atoms with van der Waals surface area (Å²) in [7, 11) is 0. The summed E-state index contributed by atoms with van der Waals surface area (Å²) in [6.45, 7) is 3.36. The first kappa shape index (κ1) is 13.0. The van der Waals surface area contributed by atoms with Gasteiger partial charge in [0.05, 0.1) is 12.1 Å². The van der Waals surface area contributed by atoms with Crippen molar-refractivity contribution in [3.63, 3.8) is 0 Å². The van der Waals surface area contributed by atoms with Crippen LogP contribution in [0.3, 0.4) is 0 Å². The highest BCUT2D eigenvalue weighted by Crippen LogP contribution is 2.14. The number of hydrogen-bond acceptors (Lipinski definition) is 4. The lowest BCUT2D eigenvalue weighted by atomic mass is 10.2. The van der Waals surface area contributed by atoms with Crippen molar-refractivity contribution in [2.45, 2.75) is 26.4 Å². The molecule has 6 heteroatoms. The number of anilines is 1. The second-order valence-electron chi connectivity index (χ2n) is 4.06. The summed E-state index contributed by atoms with van der Waals surface area (Å²) >= 11 is 0. The molecule has 0 radical (unpaired) electrons. The molecule has 0 saturated heterocycles. The van der Waals surface area contributed by atoms with E-state index in [1.54, 1.807) is 6.07 Å². The molecule has 1 N–H and O–H groups in total. The Hall–Kier alpha value is -2.42. The molecule has 0 spiro atoms. The molecule has 1 heterocycles. The van der Waals surface area contributed by atoms with Crippen LogP contribution >= 0.6 is 0 Å². The van der Waals surface area contributed by atoms with Crippen molar-refractivity contribution in [2.75, 3.05) is 5.32 Å². The van der Waals surface area contributed by atoms with Crippen molar-refractivity contribution in [1.29, 1.82) is 5.26 Å². The summed E-state index contributed by atoms with van der Waals surface area (Å²) in [6, 6.07) is 6.16. The van der Waals surface area contributed by atoms with Crippen molar-refractivity contribution in [3.05, 3.63) is 41.7 Å². The first-order valence-electron chi connectivity index (χ1n) is 6.04. The minimum atomic E-state index is -0.512. The van der Waals surface area contributed by atoms with Crippen LogP contribution in [0.4, 0.5) is 10.1 Å². The highest BCUT2D eigenvalue weighted by atomic mass is 19.1. The van der Waals surface area contributed by atoms with E-state index >= 15 is 0 Å². The number of halogens is 1. The standard InChI is InChI=1S/C13H14FN5/c1-2-5-19-13(17-9-18-19)8-16-11-3-4-12(14)10(6-11)7-15/h3-4,6,9,16H,2,5,8H2,1H3. The Balaban J connectivity index is 2.06. The van der Waals surface area contributed by atoms with Gasteiger partial charge in [-0.05, 0) is 24.6 Å². The Morgan fingerprint density at radius 1 is 1.47 bits per heavy atom. The third-order valence-corrected chi connectivity index (χ3v) is 2.67. The lowest BCUT2D eigenvalue weighted by molar-refractivity contribution is 0.574. The van der Waals surface area contributed by atoms with E-state index in [0.29, 0.717) is 12.2 Å². The molecule has 19 heavy (non-hydrogen) atoms. The first-order chi connectivity index (χ1) is 9.24. The van der Waals surface area contributed by atoms with Gasteiger partial charge in [-0.1, -0.05) is 6.92 Å². The topological polar surface area (TPSA) is 66.5 Å². The molecule has 0 fully saturated rings. The van der Waals surface area contributed by atoms with Gasteiger partial charge < -0.3 is 5.32 Å². The monoisotopic (exact) mass is 259 g/mol. The summed E-state index contributed by atoms with van der Waals surface area (Å²) < 4.78 is 15.0. The summed E-state index contributed by atoms with van der Waals surface area (Å²) in [5.41, 5.74) is 0.712. The molecule has 0 aliphatic heterocycles. The van der Waals surface area contributed by atoms with E-state index in [2.05, 4.69) is 22.3 Å². The van der Waals surface area contributed by atoms with Gasteiger partial charge in [-0.15, -0.1) is 0 Å². The lowest BCUT2D eigenvalue weighted by Crippen LogP contribution is -2.10. The summed E-state index contributed by atoms with van der Waals surface area (Å²) in [6.07, 6.45) is 2.49. The fourth-order valence-corrected chi connectivity index (χ4v) is 1.73. The van der Waals surface area contributed by atoms with Crippen molar-refractivity contribution < 1.29 is 4.39 Å². The third-order valence-electron chi connectivity index (χ3n) is 2.67. The predicted octanol–water partition coefficient (Wildman–Crippen LogP) is 2.31. The molecule has 0 bridgehead atoms. The van der Waals surface area contributed by atoms with Gasteiger partial charge in [0.2, 0.25) is 0 Å². The zero-order valence-corrected chi connectivity index (χ0v) is 10.6. The van der Waals surface area contributed by atoms with Gasteiger partial charge in [0.15, 0.2) is 0 Å². The fourth-order valence-electron chi connectivity index (χ4n) is 1.73. The van der Waals surface area contributed by atoms with Crippen molar-refractivity contribution in [3.8, 4) is 6.07 Å². The number of aryl methyl sites for hydroxylation is 1. The van der Waals surface area contributed by atoms with Gasteiger partial charge in [-0.2, -0.15) is 10.4 Å². The zero-order chi connectivity index (χ0) is 13.7. The fraction of sp³-hybridized carbons (Fsp3) is 0.308. The molecule has 0 saturated carbocycles. The van der Waals surface area contributed by atoms with E-state index in [1.165, 1.54) is 18.5 Å². The normalized spacial score (nSPS) is 10.2. The van der Waals surface area contributed by atoms with Crippen molar-refractivity contribution >= 4 is 5.69 Å². The minimum Gasteiger partial charge on any atom is -0.378 e. The quantitative estimate of drug-likeness (QED) is 0.894. The molecule has 1 aromatic carbocycles. The van der Waals surface area contributed by atoms with Crippen LogP contribution in [0.5, 0.6) is 0 Å². The molecule has 1 aromatic heterocycles. The second kappa shape index (κ2) is 5.96. The molecule has 0 amide bonds. The minimum absolute atomic E-state index is 0.0278. The summed E-state index contributed by atoms with van der Waals surface area (Å²) in [4.78, 5) is 4.16. The smallest absolute Gasteiger partial charge is 0.146 e. The highest BCUT2D eigenvalue weighted by molar-refractivity contribution is 5.49. The van der Waals surface area contributed by atoms with Crippen molar-refractivity contribution in [1.82, 2.24) is 14.8 Å². The van der Waals surface area contributed by atoms with E-state index < -0.39 is 5.82 Å². The van der Waals surface area contributed by atoms with Crippen LogP contribution in [0.2, 0.25) is 0 Å². The van der Waals surface area contributed by atoms with Crippen LogP contribution in [0, 0.1) is 17.1 Å². The second-order valence-corrected chi connectivity index (χ2v) is 4.06. The molecule has 0 atom stereocenters. The molecule has 2 rings (SSSR count). The highest BCUT2D eigenvalue weighted by Gasteiger charge is 2.05. The molecule has 2 aromatic rings. The average Bonchev–Trinajstić information content (AvgIpc) is 2.86. The molecule has 5 nitrogen and oxygen atoms in total. The van der Waals surface area contributed by atoms with Crippen LogP contribution in [-0.4, -0.2) is 14.8 Å². The average molecular weight is 259 g/mol. The third kappa shape index (κ3) is 3.07. The van der Waals surface area contributed by atoms with Gasteiger partial charge in [0.25, 0.3) is 0 Å². The SMILES string of the molecule is CCCn1ncnc1CNc1ccc(F)c(C#N)c1. The van der Waals surface area contributed by atoms with E-state index in [-0.39, 0.29) is 5.56 Å². The van der Waals surface area contributed by atoms with Crippen LogP contribution in [0.25, 0.3) is 0 Å². The number of hydrogen-bond donors (Lipinski definition) is 1. The van der Waals surface area contributed by atoms with Gasteiger partial charge in [-0.25, -0.2) is 14.1 Å². The Morgan fingerprint density at radius 2 is 2.32 bits per heavy atom.